The summed E-state index contributed by atoms with van der Waals surface area (Å²) in [4.78, 5) is 27.6. The van der Waals surface area contributed by atoms with Crippen LogP contribution in [0.5, 0.6) is 0 Å². The first-order chi connectivity index (χ1) is 19.2. The Morgan fingerprint density at radius 1 is 1.00 bits per heavy atom. The second-order valence-corrected chi connectivity index (χ2v) is 10.7. The average molecular weight is 527 g/mol. The van der Waals surface area contributed by atoms with Crippen molar-refractivity contribution < 1.29 is 4.79 Å². The van der Waals surface area contributed by atoms with Crippen LogP contribution in [0.1, 0.15) is 55.7 Å². The summed E-state index contributed by atoms with van der Waals surface area (Å²) in [7, 11) is 0. The van der Waals surface area contributed by atoms with Gasteiger partial charge in [0.25, 0.3) is 5.91 Å². The van der Waals surface area contributed by atoms with Crippen molar-refractivity contribution >= 4 is 23.2 Å². The fourth-order valence-corrected chi connectivity index (χ4v) is 6.31. The zero-order valence-electron chi connectivity index (χ0n) is 23.4. The first-order valence-corrected chi connectivity index (χ1v) is 14.6. The number of fused-ring (bicyclic) bond motifs is 1. The van der Waals surface area contributed by atoms with E-state index in [0.717, 1.165) is 68.5 Å². The van der Waals surface area contributed by atoms with Gasteiger partial charge in [-0.2, -0.15) is 0 Å². The molecule has 2 aliphatic heterocycles. The highest BCUT2D eigenvalue weighted by Crippen LogP contribution is 2.24. The molecule has 1 amide bonds. The quantitative estimate of drug-likeness (QED) is 0.383. The number of carbonyl (C=O) groups is 1. The van der Waals surface area contributed by atoms with Gasteiger partial charge in [0.05, 0.1) is 11.0 Å². The first-order valence-electron chi connectivity index (χ1n) is 14.6. The maximum Gasteiger partial charge on any atom is 0.287 e. The molecule has 3 heterocycles. The molecule has 0 bridgehead atoms. The lowest BCUT2D eigenvalue weighted by molar-refractivity contribution is 0.0533. The number of piperazine rings is 1. The van der Waals surface area contributed by atoms with Gasteiger partial charge in [0.15, 0.2) is 5.82 Å². The molecule has 3 atom stereocenters. The highest BCUT2D eigenvalue weighted by molar-refractivity contribution is 5.94. The Bertz CT molecular complexity index is 1270. The molecule has 0 saturated carbocycles. The van der Waals surface area contributed by atoms with Gasteiger partial charge in [-0.3, -0.25) is 19.6 Å². The molecule has 206 valence electrons. The fourth-order valence-electron chi connectivity index (χ4n) is 6.31. The van der Waals surface area contributed by atoms with Crippen LogP contribution in [-0.2, 0) is 6.54 Å². The Morgan fingerprint density at radius 2 is 1.77 bits per heavy atom. The van der Waals surface area contributed by atoms with Crippen LogP contribution in [0.3, 0.4) is 0 Å². The number of nitrogens with zero attached hydrogens (tertiary/aromatic N) is 5. The normalized spacial score (nSPS) is 19.8. The molecule has 1 N–H and O–H groups in total. The predicted molar refractivity (Wildman–Crippen MR) is 159 cm³/mol. The summed E-state index contributed by atoms with van der Waals surface area (Å²) in [6.45, 7) is 10.3. The summed E-state index contributed by atoms with van der Waals surface area (Å²) in [6, 6.07) is 19.3. The number of aliphatic imine (C=N–C) groups is 1. The molecular weight excluding hydrogens is 484 g/mol. The number of benzene rings is 2. The summed E-state index contributed by atoms with van der Waals surface area (Å²) in [5, 5.41) is 3.21. The Hall–Kier alpha value is -3.29. The highest BCUT2D eigenvalue weighted by Gasteiger charge is 2.30. The van der Waals surface area contributed by atoms with Crippen molar-refractivity contribution in [3.05, 3.63) is 78.3 Å². The van der Waals surface area contributed by atoms with E-state index in [1.807, 2.05) is 59.4 Å². The second kappa shape index (κ2) is 13.2. The SMILES string of the molecule is CCC(CCNC(=O)c1nc2ccccc2n1Cc1ccccc1)C(CC)N1CCN(C2C=CN=CC2)CC1. The van der Waals surface area contributed by atoms with Crippen LogP contribution in [0.2, 0.25) is 0 Å². The lowest BCUT2D eigenvalue weighted by Crippen LogP contribution is -2.54. The number of amides is 1. The minimum atomic E-state index is -0.0947. The van der Waals surface area contributed by atoms with Gasteiger partial charge in [-0.25, -0.2) is 4.98 Å². The summed E-state index contributed by atoms with van der Waals surface area (Å²) in [5.41, 5.74) is 2.99. The number of rotatable bonds is 11. The van der Waals surface area contributed by atoms with Crippen molar-refractivity contribution in [3.8, 4) is 0 Å². The second-order valence-electron chi connectivity index (χ2n) is 10.7. The molecule has 3 unspecified atom stereocenters. The molecule has 2 aromatic carbocycles. The topological polar surface area (TPSA) is 65.8 Å². The third-order valence-electron chi connectivity index (χ3n) is 8.46. The zero-order chi connectivity index (χ0) is 27.0. The summed E-state index contributed by atoms with van der Waals surface area (Å²) < 4.78 is 2.04. The van der Waals surface area contributed by atoms with Gasteiger partial charge in [0, 0.05) is 70.2 Å². The van der Waals surface area contributed by atoms with Crippen molar-refractivity contribution in [2.24, 2.45) is 10.9 Å². The van der Waals surface area contributed by atoms with Crippen LogP contribution in [0.15, 0.2) is 71.9 Å². The zero-order valence-corrected chi connectivity index (χ0v) is 23.4. The van der Waals surface area contributed by atoms with Crippen LogP contribution < -0.4 is 5.32 Å². The molecule has 2 aliphatic rings. The number of hydrogen-bond acceptors (Lipinski definition) is 5. The molecule has 7 nitrogen and oxygen atoms in total. The standard InChI is InChI=1S/C32H42N6O/c1-3-26(29(4-2)37-22-20-36(21-23-37)27-15-17-33-18-16-27)14-19-34-32(39)31-35-28-12-8-9-13-30(28)38(31)24-25-10-6-5-7-11-25/h5-13,15,17-18,26-27,29H,3-4,14,16,19-24H2,1-2H3,(H,34,39). The Morgan fingerprint density at radius 3 is 2.49 bits per heavy atom. The molecule has 1 aromatic heterocycles. The lowest BCUT2D eigenvalue weighted by atomic mass is 9.89. The summed E-state index contributed by atoms with van der Waals surface area (Å²) in [6.07, 6.45) is 10.4. The number of nitrogens with one attached hydrogen (secondary N) is 1. The van der Waals surface area contributed by atoms with Crippen LogP contribution in [0, 0.1) is 5.92 Å². The fraction of sp³-hybridized carbons (Fsp3) is 0.469. The third kappa shape index (κ3) is 6.48. The smallest absolute Gasteiger partial charge is 0.287 e. The molecule has 7 heteroatoms. The van der Waals surface area contributed by atoms with Crippen LogP contribution in [0.25, 0.3) is 11.0 Å². The van der Waals surface area contributed by atoms with E-state index in [2.05, 4.69) is 52.2 Å². The van der Waals surface area contributed by atoms with Crippen molar-refractivity contribution in [1.82, 2.24) is 24.7 Å². The van der Waals surface area contributed by atoms with E-state index in [-0.39, 0.29) is 5.91 Å². The molecule has 0 radical (unpaired) electrons. The van der Waals surface area contributed by atoms with Gasteiger partial charge in [0.2, 0.25) is 0 Å². The van der Waals surface area contributed by atoms with Crippen LogP contribution >= 0.6 is 0 Å². The van der Waals surface area contributed by atoms with E-state index in [4.69, 9.17) is 4.98 Å². The number of para-hydroxylation sites is 2. The molecular formula is C32H42N6O. The van der Waals surface area contributed by atoms with Crippen molar-refractivity contribution in [2.45, 2.75) is 58.2 Å². The third-order valence-corrected chi connectivity index (χ3v) is 8.46. The molecule has 1 fully saturated rings. The van der Waals surface area contributed by atoms with E-state index in [1.54, 1.807) is 0 Å². The Balaban J connectivity index is 1.19. The first kappa shape index (κ1) is 27.3. The number of aromatic nitrogens is 2. The number of carbonyl (C=O) groups excluding carboxylic acids is 1. The molecule has 0 spiro atoms. The van der Waals surface area contributed by atoms with Gasteiger partial charge in [-0.05, 0) is 42.5 Å². The Labute approximate surface area is 232 Å². The number of hydrogen-bond donors (Lipinski definition) is 1. The van der Waals surface area contributed by atoms with E-state index in [1.165, 1.54) is 0 Å². The van der Waals surface area contributed by atoms with Gasteiger partial charge in [-0.1, -0.05) is 62.7 Å². The maximum atomic E-state index is 13.4. The highest BCUT2D eigenvalue weighted by atomic mass is 16.2. The summed E-state index contributed by atoms with van der Waals surface area (Å²) >= 11 is 0. The minimum Gasteiger partial charge on any atom is -0.349 e. The maximum absolute atomic E-state index is 13.4. The van der Waals surface area contributed by atoms with E-state index < -0.39 is 0 Å². The van der Waals surface area contributed by atoms with Gasteiger partial charge >= 0.3 is 0 Å². The van der Waals surface area contributed by atoms with E-state index in [9.17, 15) is 4.79 Å². The van der Waals surface area contributed by atoms with Gasteiger partial charge in [0.1, 0.15) is 0 Å². The average Bonchev–Trinajstić information content (AvgIpc) is 3.36. The van der Waals surface area contributed by atoms with E-state index in [0.29, 0.717) is 36.9 Å². The van der Waals surface area contributed by atoms with Crippen molar-refractivity contribution in [3.63, 3.8) is 0 Å². The molecule has 1 saturated heterocycles. The predicted octanol–water partition coefficient (Wildman–Crippen LogP) is 4.98. The largest absolute Gasteiger partial charge is 0.349 e. The van der Waals surface area contributed by atoms with Crippen molar-refractivity contribution in [2.75, 3.05) is 32.7 Å². The van der Waals surface area contributed by atoms with Crippen LogP contribution in [0.4, 0.5) is 0 Å². The minimum absolute atomic E-state index is 0.0947. The monoisotopic (exact) mass is 526 g/mol. The van der Waals surface area contributed by atoms with E-state index >= 15 is 0 Å². The Kier molecular flexibility index (Phi) is 9.22. The lowest BCUT2D eigenvalue weighted by Gasteiger charge is -2.44. The molecule has 0 aliphatic carbocycles. The van der Waals surface area contributed by atoms with Crippen molar-refractivity contribution in [1.29, 1.82) is 0 Å². The van der Waals surface area contributed by atoms with Gasteiger partial charge < -0.3 is 9.88 Å². The van der Waals surface area contributed by atoms with Crippen LogP contribution in [-0.4, -0.2) is 76.3 Å². The van der Waals surface area contributed by atoms with Gasteiger partial charge in [-0.15, -0.1) is 0 Å². The molecule has 3 aromatic rings. The molecule has 39 heavy (non-hydrogen) atoms. The molecule has 5 rings (SSSR count). The summed E-state index contributed by atoms with van der Waals surface area (Å²) in [5.74, 6) is 0.937. The number of imidazole rings is 1.